The molecule has 0 radical (unpaired) electrons. The molecule has 7 heteroatoms. The molecule has 0 aromatic heterocycles. The van der Waals surface area contributed by atoms with Crippen LogP contribution in [-0.4, -0.2) is 53.4 Å². The van der Waals surface area contributed by atoms with Crippen LogP contribution < -0.4 is 0 Å². The number of hydrogen-bond acceptors (Lipinski definition) is 4. The summed E-state index contributed by atoms with van der Waals surface area (Å²) in [5.74, 6) is 2.19. The first-order chi connectivity index (χ1) is 10.0. The number of nitrogens with zero attached hydrogens (tertiary/aromatic N) is 3. The van der Waals surface area contributed by atoms with Crippen molar-refractivity contribution < 1.29 is 9.72 Å². The number of piperazine rings is 1. The van der Waals surface area contributed by atoms with Crippen LogP contribution in [0, 0.1) is 22.5 Å². The van der Waals surface area contributed by atoms with Crippen LogP contribution in [0.3, 0.4) is 0 Å². The van der Waals surface area contributed by atoms with Gasteiger partial charge in [0, 0.05) is 26.2 Å². The van der Waals surface area contributed by atoms with Crippen LogP contribution in [0.25, 0.3) is 0 Å². The van der Waals surface area contributed by atoms with Crippen molar-refractivity contribution in [3.05, 3.63) is 38.9 Å². The predicted molar refractivity (Wildman–Crippen MR) is 79.3 cm³/mol. The Morgan fingerprint density at radius 3 is 2.62 bits per heavy atom. The summed E-state index contributed by atoms with van der Waals surface area (Å²) in [7, 11) is 0. The molecule has 1 heterocycles. The summed E-state index contributed by atoms with van der Waals surface area (Å²) in [6.07, 6.45) is 5.25. The molecule has 110 valence electrons. The van der Waals surface area contributed by atoms with E-state index in [1.54, 1.807) is 4.90 Å². The lowest BCUT2D eigenvalue weighted by atomic mass is 10.1. The fourth-order valence-corrected chi connectivity index (χ4v) is 2.53. The zero-order valence-corrected chi connectivity index (χ0v) is 12.0. The van der Waals surface area contributed by atoms with Crippen molar-refractivity contribution >= 4 is 23.2 Å². The first kappa shape index (κ1) is 15.3. The molecular formula is C14H14ClN3O3. The van der Waals surface area contributed by atoms with E-state index in [9.17, 15) is 14.9 Å². The second kappa shape index (κ2) is 6.57. The van der Waals surface area contributed by atoms with Crippen LogP contribution in [0.15, 0.2) is 18.2 Å². The smallest absolute Gasteiger partial charge is 0.300 e. The van der Waals surface area contributed by atoms with Gasteiger partial charge in [0.15, 0.2) is 0 Å². The summed E-state index contributed by atoms with van der Waals surface area (Å²) in [5.41, 5.74) is -0.312. The molecule has 0 unspecified atom stereocenters. The molecule has 1 saturated heterocycles. The largest absolute Gasteiger partial charge is 0.336 e. The van der Waals surface area contributed by atoms with Crippen molar-refractivity contribution in [2.45, 2.75) is 0 Å². The second-order valence-corrected chi connectivity index (χ2v) is 5.07. The average Bonchev–Trinajstić information content (AvgIpc) is 2.47. The van der Waals surface area contributed by atoms with Crippen LogP contribution in [0.1, 0.15) is 10.4 Å². The molecule has 0 spiro atoms. The van der Waals surface area contributed by atoms with Gasteiger partial charge in [-0.05, 0) is 12.1 Å². The van der Waals surface area contributed by atoms with E-state index in [1.165, 1.54) is 18.2 Å². The van der Waals surface area contributed by atoms with Gasteiger partial charge >= 0.3 is 5.69 Å². The number of terminal acetylenes is 1. The molecule has 0 bridgehead atoms. The first-order valence-corrected chi connectivity index (χ1v) is 6.80. The SMILES string of the molecule is C#CCN1CCN(C(=O)c2cccc(Cl)c2[N+](=O)[O-])CC1. The third-order valence-corrected chi connectivity index (χ3v) is 3.68. The molecule has 0 aliphatic carbocycles. The van der Waals surface area contributed by atoms with Crippen LogP contribution in [0.4, 0.5) is 5.69 Å². The standard InChI is InChI=1S/C14H14ClN3O3/c1-2-6-16-7-9-17(10-8-16)14(19)11-4-3-5-12(15)13(11)18(20)21/h1,3-5H,6-10H2. The molecule has 2 rings (SSSR count). The lowest BCUT2D eigenvalue weighted by Crippen LogP contribution is -2.48. The van der Waals surface area contributed by atoms with Gasteiger partial charge in [0.25, 0.3) is 5.91 Å². The normalized spacial score (nSPS) is 15.5. The van der Waals surface area contributed by atoms with Crippen LogP contribution in [0.5, 0.6) is 0 Å². The van der Waals surface area contributed by atoms with Gasteiger partial charge in [0.05, 0.1) is 11.5 Å². The van der Waals surface area contributed by atoms with Crippen molar-refractivity contribution in [2.75, 3.05) is 32.7 Å². The lowest BCUT2D eigenvalue weighted by Gasteiger charge is -2.33. The van der Waals surface area contributed by atoms with E-state index < -0.39 is 4.92 Å². The lowest BCUT2D eigenvalue weighted by molar-refractivity contribution is -0.385. The summed E-state index contributed by atoms with van der Waals surface area (Å²) in [6.45, 7) is 2.84. The molecule has 1 aliphatic heterocycles. The Morgan fingerprint density at radius 1 is 1.38 bits per heavy atom. The number of halogens is 1. The maximum absolute atomic E-state index is 12.4. The average molecular weight is 308 g/mol. The van der Waals surface area contributed by atoms with E-state index in [-0.39, 0.29) is 22.2 Å². The van der Waals surface area contributed by atoms with Crippen molar-refractivity contribution in [1.29, 1.82) is 0 Å². The third-order valence-electron chi connectivity index (χ3n) is 3.37. The van der Waals surface area contributed by atoms with Gasteiger partial charge in [-0.15, -0.1) is 6.42 Å². The maximum atomic E-state index is 12.4. The number of hydrogen-bond donors (Lipinski definition) is 0. The molecule has 1 aromatic rings. The zero-order valence-electron chi connectivity index (χ0n) is 11.3. The number of carbonyl (C=O) groups is 1. The molecule has 0 saturated carbocycles. The zero-order chi connectivity index (χ0) is 15.4. The van der Waals surface area contributed by atoms with E-state index >= 15 is 0 Å². The predicted octanol–water partition coefficient (Wildman–Crippen LogP) is 1.64. The summed E-state index contributed by atoms with van der Waals surface area (Å²) in [5, 5.41) is 11.1. The van der Waals surface area contributed by atoms with Crippen molar-refractivity contribution in [2.24, 2.45) is 0 Å². The monoisotopic (exact) mass is 307 g/mol. The Bertz CT molecular complexity index is 604. The van der Waals surface area contributed by atoms with E-state index in [0.29, 0.717) is 32.7 Å². The minimum Gasteiger partial charge on any atom is -0.336 e. The van der Waals surface area contributed by atoms with Gasteiger partial charge in [-0.25, -0.2) is 0 Å². The quantitative estimate of drug-likeness (QED) is 0.484. The molecule has 1 aliphatic rings. The molecule has 6 nitrogen and oxygen atoms in total. The van der Waals surface area contributed by atoms with E-state index in [0.717, 1.165) is 0 Å². The Balaban J connectivity index is 2.17. The molecule has 1 fully saturated rings. The van der Waals surface area contributed by atoms with E-state index in [1.807, 2.05) is 0 Å². The summed E-state index contributed by atoms with van der Waals surface area (Å²) in [6, 6.07) is 4.37. The highest BCUT2D eigenvalue weighted by molar-refractivity contribution is 6.33. The molecule has 0 N–H and O–H groups in total. The van der Waals surface area contributed by atoms with Gasteiger partial charge in [-0.1, -0.05) is 23.6 Å². The van der Waals surface area contributed by atoms with Crippen LogP contribution >= 0.6 is 11.6 Å². The van der Waals surface area contributed by atoms with Crippen molar-refractivity contribution in [1.82, 2.24) is 9.80 Å². The number of amides is 1. The van der Waals surface area contributed by atoms with E-state index in [4.69, 9.17) is 18.0 Å². The molecule has 0 atom stereocenters. The Hall–Kier alpha value is -2.10. The Labute approximate surface area is 127 Å². The van der Waals surface area contributed by atoms with Crippen LogP contribution in [0.2, 0.25) is 5.02 Å². The van der Waals surface area contributed by atoms with Gasteiger partial charge in [-0.3, -0.25) is 19.8 Å². The number of nitro groups is 1. The van der Waals surface area contributed by atoms with Crippen molar-refractivity contribution in [3.8, 4) is 12.3 Å². The number of benzene rings is 1. The number of rotatable bonds is 3. The highest BCUT2D eigenvalue weighted by Crippen LogP contribution is 2.29. The Morgan fingerprint density at radius 2 is 2.05 bits per heavy atom. The van der Waals surface area contributed by atoms with E-state index in [2.05, 4.69) is 10.8 Å². The fraction of sp³-hybridized carbons (Fsp3) is 0.357. The first-order valence-electron chi connectivity index (χ1n) is 6.42. The van der Waals surface area contributed by atoms with Gasteiger partial charge in [0.1, 0.15) is 10.6 Å². The van der Waals surface area contributed by atoms with Gasteiger partial charge in [0.2, 0.25) is 0 Å². The third kappa shape index (κ3) is 3.32. The molecular weight excluding hydrogens is 294 g/mol. The van der Waals surface area contributed by atoms with Crippen LogP contribution in [-0.2, 0) is 0 Å². The molecule has 1 aromatic carbocycles. The number of nitro benzene ring substituents is 1. The minimum atomic E-state index is -0.621. The summed E-state index contributed by atoms with van der Waals surface area (Å²) in [4.78, 5) is 26.6. The number of para-hydroxylation sites is 1. The highest BCUT2D eigenvalue weighted by atomic mass is 35.5. The fourth-order valence-electron chi connectivity index (χ4n) is 2.28. The Kier molecular flexibility index (Phi) is 4.78. The summed E-state index contributed by atoms with van der Waals surface area (Å²) < 4.78 is 0. The maximum Gasteiger partial charge on any atom is 0.300 e. The summed E-state index contributed by atoms with van der Waals surface area (Å²) >= 11 is 5.83. The second-order valence-electron chi connectivity index (χ2n) is 4.67. The van der Waals surface area contributed by atoms with Crippen molar-refractivity contribution in [3.63, 3.8) is 0 Å². The topological polar surface area (TPSA) is 66.7 Å². The minimum absolute atomic E-state index is 0.0258. The van der Waals surface area contributed by atoms with Gasteiger partial charge < -0.3 is 4.90 Å². The number of carbonyl (C=O) groups excluding carboxylic acids is 1. The highest BCUT2D eigenvalue weighted by Gasteiger charge is 2.29. The van der Waals surface area contributed by atoms with Gasteiger partial charge in [-0.2, -0.15) is 0 Å². The molecule has 1 amide bonds. The molecule has 21 heavy (non-hydrogen) atoms.